The summed E-state index contributed by atoms with van der Waals surface area (Å²) in [6.45, 7) is 11.7. The van der Waals surface area contributed by atoms with Crippen LogP contribution in [0.5, 0.6) is 0 Å². The summed E-state index contributed by atoms with van der Waals surface area (Å²) in [4.78, 5) is 28.5. The van der Waals surface area contributed by atoms with E-state index in [0.717, 1.165) is 26.6 Å². The average molecular weight is 550 g/mol. The topological polar surface area (TPSA) is 86.8 Å². The normalized spacial score (nSPS) is 12.2. The number of nitrogens with one attached hydrogen (secondary N) is 1. The fourth-order valence-electron chi connectivity index (χ4n) is 4.05. The van der Waals surface area contributed by atoms with E-state index in [9.17, 15) is 18.0 Å². The summed E-state index contributed by atoms with van der Waals surface area (Å²) in [5.41, 5.74) is 4.24. The van der Waals surface area contributed by atoms with Gasteiger partial charge in [0.2, 0.25) is 11.8 Å². The van der Waals surface area contributed by atoms with Crippen molar-refractivity contribution in [3.8, 4) is 0 Å². The lowest BCUT2D eigenvalue weighted by molar-refractivity contribution is -0.139. The van der Waals surface area contributed by atoms with E-state index in [0.29, 0.717) is 12.2 Å². The van der Waals surface area contributed by atoms with Gasteiger partial charge in [-0.25, -0.2) is 8.42 Å². The van der Waals surface area contributed by atoms with Crippen LogP contribution in [0.25, 0.3) is 0 Å². The van der Waals surface area contributed by atoms with E-state index in [1.165, 1.54) is 17.0 Å². The van der Waals surface area contributed by atoms with Crippen molar-refractivity contribution in [2.24, 2.45) is 5.92 Å². The highest BCUT2D eigenvalue weighted by molar-refractivity contribution is 7.92. The summed E-state index contributed by atoms with van der Waals surface area (Å²) in [6.07, 6.45) is 0. The summed E-state index contributed by atoms with van der Waals surface area (Å²) in [5, 5.41) is 2.90. The first-order valence-electron chi connectivity index (χ1n) is 13.2. The average Bonchev–Trinajstić information content (AvgIpc) is 2.91. The van der Waals surface area contributed by atoms with Crippen molar-refractivity contribution < 1.29 is 18.0 Å². The third-order valence-electron chi connectivity index (χ3n) is 6.71. The first-order chi connectivity index (χ1) is 18.4. The van der Waals surface area contributed by atoms with Crippen LogP contribution in [0.3, 0.4) is 0 Å². The highest BCUT2D eigenvalue weighted by Gasteiger charge is 2.32. The summed E-state index contributed by atoms with van der Waals surface area (Å²) in [6, 6.07) is 20.3. The number of hydrogen-bond acceptors (Lipinski definition) is 4. The molecule has 3 aromatic carbocycles. The van der Waals surface area contributed by atoms with E-state index in [1.54, 1.807) is 37.3 Å². The predicted molar refractivity (Wildman–Crippen MR) is 156 cm³/mol. The number of hydrogen-bond donors (Lipinski definition) is 1. The number of carbonyl (C=O) groups excluding carboxylic acids is 2. The van der Waals surface area contributed by atoms with E-state index in [4.69, 9.17) is 0 Å². The molecule has 208 valence electrons. The number of aryl methyl sites for hydroxylation is 3. The molecule has 0 fully saturated rings. The van der Waals surface area contributed by atoms with Crippen molar-refractivity contribution in [3.05, 3.63) is 95.1 Å². The first-order valence-corrected chi connectivity index (χ1v) is 14.6. The van der Waals surface area contributed by atoms with E-state index in [1.807, 2.05) is 65.0 Å². The first kappa shape index (κ1) is 29.9. The zero-order valence-electron chi connectivity index (χ0n) is 23.6. The Morgan fingerprint density at radius 3 is 2.08 bits per heavy atom. The molecule has 0 bridgehead atoms. The van der Waals surface area contributed by atoms with Gasteiger partial charge in [0.25, 0.3) is 10.0 Å². The highest BCUT2D eigenvalue weighted by Crippen LogP contribution is 2.26. The van der Waals surface area contributed by atoms with Crippen LogP contribution in [0.2, 0.25) is 0 Å². The van der Waals surface area contributed by atoms with Gasteiger partial charge < -0.3 is 10.2 Å². The minimum atomic E-state index is -4.07. The number of amides is 2. The molecule has 0 saturated carbocycles. The molecule has 0 aliphatic heterocycles. The molecule has 0 spiro atoms. The molecule has 0 aromatic heterocycles. The summed E-state index contributed by atoms with van der Waals surface area (Å²) in [5.74, 6) is -0.507. The van der Waals surface area contributed by atoms with E-state index in [-0.39, 0.29) is 23.3 Å². The van der Waals surface area contributed by atoms with Crippen LogP contribution < -0.4 is 9.62 Å². The minimum Gasteiger partial charge on any atom is -0.354 e. The van der Waals surface area contributed by atoms with Gasteiger partial charge in [-0.1, -0.05) is 67.9 Å². The van der Waals surface area contributed by atoms with Gasteiger partial charge >= 0.3 is 0 Å². The van der Waals surface area contributed by atoms with Crippen molar-refractivity contribution in [1.29, 1.82) is 0 Å². The summed E-state index contributed by atoms with van der Waals surface area (Å²) in [7, 11) is -4.07. The molecule has 3 rings (SSSR count). The lowest BCUT2D eigenvalue weighted by atomic mass is 10.1. The number of sulfonamides is 1. The molecular weight excluding hydrogens is 510 g/mol. The zero-order valence-corrected chi connectivity index (χ0v) is 24.5. The van der Waals surface area contributed by atoms with Crippen LogP contribution >= 0.6 is 0 Å². The molecule has 0 heterocycles. The second kappa shape index (κ2) is 12.9. The van der Waals surface area contributed by atoms with E-state index in [2.05, 4.69) is 5.32 Å². The molecule has 0 aliphatic carbocycles. The smallest absolute Gasteiger partial charge is 0.264 e. The third kappa shape index (κ3) is 7.69. The quantitative estimate of drug-likeness (QED) is 0.365. The molecule has 0 unspecified atom stereocenters. The SMILES string of the molecule is Cc1ccc(CN(C(=O)CN(c2ccc(C)c(C)c2)S(=O)(=O)c2ccccc2)[C@H](C)C(=O)NCC(C)C)cc1. The van der Waals surface area contributed by atoms with Gasteiger partial charge in [-0.2, -0.15) is 0 Å². The molecule has 3 aromatic rings. The van der Waals surface area contributed by atoms with Crippen LogP contribution in [-0.4, -0.2) is 44.3 Å². The molecule has 39 heavy (non-hydrogen) atoms. The van der Waals surface area contributed by atoms with Gasteiger partial charge in [0.1, 0.15) is 12.6 Å². The Morgan fingerprint density at radius 1 is 0.846 bits per heavy atom. The molecule has 1 N–H and O–H groups in total. The van der Waals surface area contributed by atoms with Crippen LogP contribution in [0, 0.1) is 26.7 Å². The van der Waals surface area contributed by atoms with Gasteiger partial charge in [0.05, 0.1) is 10.6 Å². The van der Waals surface area contributed by atoms with Crippen molar-refractivity contribution >= 4 is 27.5 Å². The molecule has 0 saturated heterocycles. The molecular formula is C31H39N3O4S. The lowest BCUT2D eigenvalue weighted by Crippen LogP contribution is -2.51. The lowest BCUT2D eigenvalue weighted by Gasteiger charge is -2.32. The van der Waals surface area contributed by atoms with Gasteiger partial charge in [-0.05, 0) is 74.6 Å². The Balaban J connectivity index is 2.02. The molecule has 0 aliphatic rings. The number of benzene rings is 3. The fourth-order valence-corrected chi connectivity index (χ4v) is 5.48. The Bertz CT molecular complexity index is 1390. The summed E-state index contributed by atoms with van der Waals surface area (Å²) < 4.78 is 28.8. The van der Waals surface area contributed by atoms with Crippen molar-refractivity contribution in [3.63, 3.8) is 0 Å². The van der Waals surface area contributed by atoms with Crippen LogP contribution in [0.4, 0.5) is 5.69 Å². The minimum absolute atomic E-state index is 0.0869. The summed E-state index contributed by atoms with van der Waals surface area (Å²) >= 11 is 0. The second-order valence-electron chi connectivity index (χ2n) is 10.4. The molecule has 8 heteroatoms. The van der Waals surface area contributed by atoms with Gasteiger partial charge in [0, 0.05) is 13.1 Å². The van der Waals surface area contributed by atoms with Gasteiger partial charge in [-0.15, -0.1) is 0 Å². The molecule has 1 atom stereocenters. The monoisotopic (exact) mass is 549 g/mol. The molecule has 7 nitrogen and oxygen atoms in total. The maximum absolute atomic E-state index is 14.0. The van der Waals surface area contributed by atoms with Gasteiger partial charge in [0.15, 0.2) is 0 Å². The van der Waals surface area contributed by atoms with E-state index >= 15 is 0 Å². The Kier molecular flexibility index (Phi) is 9.92. The van der Waals surface area contributed by atoms with E-state index < -0.39 is 28.5 Å². The van der Waals surface area contributed by atoms with Crippen LogP contribution in [0.1, 0.15) is 43.0 Å². The maximum atomic E-state index is 14.0. The van der Waals surface area contributed by atoms with Crippen LogP contribution in [0.15, 0.2) is 77.7 Å². The molecule has 0 radical (unpaired) electrons. The van der Waals surface area contributed by atoms with Crippen molar-refractivity contribution in [1.82, 2.24) is 10.2 Å². The van der Waals surface area contributed by atoms with Crippen LogP contribution in [-0.2, 0) is 26.2 Å². The van der Waals surface area contributed by atoms with Gasteiger partial charge in [-0.3, -0.25) is 13.9 Å². The Labute approximate surface area is 232 Å². The largest absolute Gasteiger partial charge is 0.354 e. The zero-order chi connectivity index (χ0) is 28.7. The molecule has 2 amide bonds. The number of nitrogens with zero attached hydrogens (tertiary/aromatic N) is 2. The van der Waals surface area contributed by atoms with Crippen molar-refractivity contribution in [2.45, 2.75) is 59.0 Å². The number of carbonyl (C=O) groups is 2. The number of rotatable bonds is 11. The fraction of sp³-hybridized carbons (Fsp3) is 0.355. The Hall–Kier alpha value is -3.65. The number of anilines is 1. The standard InChI is InChI=1S/C31H39N3O4S/c1-22(2)19-32-31(36)26(6)33(20-27-15-12-23(3)13-16-27)30(35)21-34(28-17-14-24(4)25(5)18-28)39(37,38)29-10-8-7-9-11-29/h7-18,22,26H,19-21H2,1-6H3,(H,32,36)/t26-/m1/s1. The second-order valence-corrected chi connectivity index (χ2v) is 12.3. The predicted octanol–water partition coefficient (Wildman–Crippen LogP) is 5.00. The maximum Gasteiger partial charge on any atom is 0.264 e. The Morgan fingerprint density at radius 2 is 1.49 bits per heavy atom. The highest BCUT2D eigenvalue weighted by atomic mass is 32.2. The third-order valence-corrected chi connectivity index (χ3v) is 8.50. The van der Waals surface area contributed by atoms with Crippen molar-refractivity contribution in [2.75, 3.05) is 17.4 Å².